The first-order chi connectivity index (χ1) is 12.5. The molecule has 26 heavy (non-hydrogen) atoms. The van der Waals surface area contributed by atoms with Crippen molar-refractivity contribution in [1.82, 2.24) is 5.32 Å². The number of carbonyl (C=O) groups is 2. The lowest BCUT2D eigenvalue weighted by Gasteiger charge is -2.15. The first-order valence-electron chi connectivity index (χ1n) is 7.75. The number of nitrogens with one attached hydrogen (secondary N) is 1. The van der Waals surface area contributed by atoms with Crippen molar-refractivity contribution in [3.8, 4) is 11.5 Å². The number of rotatable bonds is 5. The molecule has 136 valence electrons. The summed E-state index contributed by atoms with van der Waals surface area (Å²) in [7, 11) is 0. The molecule has 0 aliphatic carbocycles. The molecule has 0 radical (unpaired) electrons. The number of hydrogen-bond acceptors (Lipinski definition) is 5. The Balaban J connectivity index is 1.55. The van der Waals surface area contributed by atoms with Crippen LogP contribution in [0.1, 0.15) is 28.9 Å². The summed E-state index contributed by atoms with van der Waals surface area (Å²) in [6.45, 7) is 1.56. The molecule has 1 heterocycles. The van der Waals surface area contributed by atoms with Crippen LogP contribution >= 0.6 is 23.2 Å². The predicted molar refractivity (Wildman–Crippen MR) is 95.9 cm³/mol. The number of ether oxygens (including phenoxy) is 3. The van der Waals surface area contributed by atoms with Crippen LogP contribution in [-0.2, 0) is 9.53 Å². The molecule has 0 bridgehead atoms. The molecule has 1 aliphatic heterocycles. The molecule has 1 N–H and O–H groups in total. The van der Waals surface area contributed by atoms with Gasteiger partial charge in [-0.1, -0.05) is 35.3 Å². The molecule has 3 rings (SSSR count). The topological polar surface area (TPSA) is 73.9 Å². The summed E-state index contributed by atoms with van der Waals surface area (Å²) >= 11 is 11.8. The first-order valence-corrected chi connectivity index (χ1v) is 8.51. The monoisotopic (exact) mass is 395 g/mol. The van der Waals surface area contributed by atoms with Gasteiger partial charge in [0, 0.05) is 0 Å². The molecule has 0 unspecified atom stereocenters. The zero-order valence-corrected chi connectivity index (χ0v) is 15.3. The van der Waals surface area contributed by atoms with Gasteiger partial charge in [-0.25, -0.2) is 4.79 Å². The fourth-order valence-electron chi connectivity index (χ4n) is 2.42. The number of carbonyl (C=O) groups excluding carboxylic acids is 2. The maximum Gasteiger partial charge on any atom is 0.340 e. The predicted octanol–water partition coefficient (Wildman–Crippen LogP) is 3.76. The van der Waals surface area contributed by atoms with Gasteiger partial charge in [0.25, 0.3) is 5.91 Å². The van der Waals surface area contributed by atoms with E-state index in [9.17, 15) is 9.59 Å². The summed E-state index contributed by atoms with van der Waals surface area (Å²) in [5, 5.41) is 3.08. The largest absolute Gasteiger partial charge is 0.454 e. The third kappa shape index (κ3) is 4.03. The van der Waals surface area contributed by atoms with Crippen LogP contribution in [0.3, 0.4) is 0 Å². The van der Waals surface area contributed by atoms with Gasteiger partial charge in [0.1, 0.15) is 0 Å². The number of amides is 1. The molecule has 0 aromatic heterocycles. The Kier molecular flexibility index (Phi) is 5.54. The second kappa shape index (κ2) is 7.85. The van der Waals surface area contributed by atoms with Gasteiger partial charge in [0.2, 0.25) is 6.79 Å². The van der Waals surface area contributed by atoms with Gasteiger partial charge in [-0.15, -0.1) is 0 Å². The molecule has 6 nitrogen and oxygen atoms in total. The van der Waals surface area contributed by atoms with Gasteiger partial charge in [0.15, 0.2) is 18.1 Å². The van der Waals surface area contributed by atoms with Crippen LogP contribution in [0.5, 0.6) is 11.5 Å². The molecule has 1 amide bonds. The molecule has 2 aromatic carbocycles. The molecule has 0 saturated carbocycles. The first kappa shape index (κ1) is 18.4. The zero-order valence-electron chi connectivity index (χ0n) is 13.8. The summed E-state index contributed by atoms with van der Waals surface area (Å²) < 4.78 is 15.6. The molecule has 0 spiro atoms. The van der Waals surface area contributed by atoms with Crippen molar-refractivity contribution < 1.29 is 23.8 Å². The van der Waals surface area contributed by atoms with Crippen LogP contribution in [0.25, 0.3) is 0 Å². The second-order valence-electron chi connectivity index (χ2n) is 5.58. The van der Waals surface area contributed by atoms with Crippen molar-refractivity contribution in [3.63, 3.8) is 0 Å². The summed E-state index contributed by atoms with van der Waals surface area (Å²) in [4.78, 5) is 24.1. The van der Waals surface area contributed by atoms with Crippen LogP contribution in [0.15, 0.2) is 36.4 Å². The van der Waals surface area contributed by atoms with Crippen molar-refractivity contribution in [2.45, 2.75) is 13.0 Å². The third-order valence-electron chi connectivity index (χ3n) is 3.78. The van der Waals surface area contributed by atoms with E-state index in [1.807, 2.05) is 13.0 Å². The van der Waals surface area contributed by atoms with E-state index in [4.69, 9.17) is 37.4 Å². The maximum atomic E-state index is 12.0. The molecule has 0 fully saturated rings. The van der Waals surface area contributed by atoms with Crippen molar-refractivity contribution in [2.75, 3.05) is 13.4 Å². The molecular formula is C18H15Cl2NO5. The number of hydrogen-bond donors (Lipinski definition) is 1. The minimum Gasteiger partial charge on any atom is -0.454 e. The normalized spacial score (nSPS) is 13.2. The van der Waals surface area contributed by atoms with Crippen LogP contribution in [-0.4, -0.2) is 25.3 Å². The maximum absolute atomic E-state index is 12.0. The number of halogens is 2. The molecular weight excluding hydrogens is 381 g/mol. The highest BCUT2D eigenvalue weighted by Crippen LogP contribution is 2.34. The Morgan fingerprint density at radius 3 is 2.77 bits per heavy atom. The minimum atomic E-state index is -0.719. The second-order valence-corrected chi connectivity index (χ2v) is 6.36. The van der Waals surface area contributed by atoms with Gasteiger partial charge in [-0.2, -0.15) is 0 Å². The van der Waals surface area contributed by atoms with E-state index in [2.05, 4.69) is 5.32 Å². The Bertz CT molecular complexity index is 855. The van der Waals surface area contributed by atoms with Crippen LogP contribution in [0.4, 0.5) is 0 Å². The Labute approximate surface area is 159 Å². The highest BCUT2D eigenvalue weighted by atomic mass is 35.5. The molecule has 0 saturated heterocycles. The van der Waals surface area contributed by atoms with Gasteiger partial charge in [-0.3, -0.25) is 4.79 Å². The van der Waals surface area contributed by atoms with E-state index in [1.165, 1.54) is 6.07 Å². The minimum absolute atomic E-state index is 0.0910. The van der Waals surface area contributed by atoms with Gasteiger partial charge >= 0.3 is 5.97 Å². The number of esters is 1. The Morgan fingerprint density at radius 1 is 1.19 bits per heavy atom. The van der Waals surface area contributed by atoms with Gasteiger partial charge in [0.05, 0.1) is 21.7 Å². The standard InChI is InChI=1S/C18H15Cl2NO5/c1-10(11-5-6-14-15(7-11)26-9-25-14)21-16(22)8-24-18(23)12-3-2-4-13(19)17(12)20/h2-7,10H,8-9H2,1H3,(H,21,22)/t10-/m0/s1. The smallest absolute Gasteiger partial charge is 0.340 e. The van der Waals surface area contributed by atoms with E-state index in [-0.39, 0.29) is 28.4 Å². The average Bonchev–Trinajstić information content (AvgIpc) is 3.09. The zero-order chi connectivity index (χ0) is 18.7. The van der Waals surface area contributed by atoms with Crippen LogP contribution < -0.4 is 14.8 Å². The van der Waals surface area contributed by atoms with Gasteiger partial charge < -0.3 is 19.5 Å². The molecule has 1 aliphatic rings. The van der Waals surface area contributed by atoms with Crippen molar-refractivity contribution in [1.29, 1.82) is 0 Å². The number of benzene rings is 2. The SMILES string of the molecule is C[C@H](NC(=O)COC(=O)c1cccc(Cl)c1Cl)c1ccc2c(c1)OCO2. The quantitative estimate of drug-likeness (QED) is 0.780. The Morgan fingerprint density at radius 2 is 1.96 bits per heavy atom. The fourth-order valence-corrected chi connectivity index (χ4v) is 2.80. The number of fused-ring (bicyclic) bond motifs is 1. The van der Waals surface area contributed by atoms with E-state index >= 15 is 0 Å². The lowest BCUT2D eigenvalue weighted by Crippen LogP contribution is -2.31. The fraction of sp³-hybridized carbons (Fsp3) is 0.222. The van der Waals surface area contributed by atoms with E-state index in [1.54, 1.807) is 24.3 Å². The lowest BCUT2D eigenvalue weighted by molar-refractivity contribution is -0.124. The van der Waals surface area contributed by atoms with Crippen molar-refractivity contribution >= 4 is 35.1 Å². The van der Waals surface area contributed by atoms with Crippen molar-refractivity contribution in [3.05, 3.63) is 57.6 Å². The summed E-state index contributed by atoms with van der Waals surface area (Å²) in [6.07, 6.45) is 0. The third-order valence-corrected chi connectivity index (χ3v) is 4.60. The van der Waals surface area contributed by atoms with Crippen LogP contribution in [0.2, 0.25) is 10.0 Å². The molecule has 8 heteroatoms. The summed E-state index contributed by atoms with van der Waals surface area (Å²) in [5.74, 6) is 0.135. The Hall–Kier alpha value is -2.44. The molecule has 1 atom stereocenters. The van der Waals surface area contributed by atoms with E-state index in [0.29, 0.717) is 11.5 Å². The van der Waals surface area contributed by atoms with Gasteiger partial charge in [-0.05, 0) is 36.8 Å². The average molecular weight is 396 g/mol. The van der Waals surface area contributed by atoms with E-state index < -0.39 is 18.5 Å². The molecule has 2 aromatic rings. The lowest BCUT2D eigenvalue weighted by atomic mass is 10.1. The summed E-state index contributed by atoms with van der Waals surface area (Å²) in [5.41, 5.74) is 0.947. The highest BCUT2D eigenvalue weighted by molar-refractivity contribution is 6.43. The van der Waals surface area contributed by atoms with Crippen LogP contribution in [0, 0.1) is 0 Å². The summed E-state index contributed by atoms with van der Waals surface area (Å²) in [6, 6.07) is 9.71. The van der Waals surface area contributed by atoms with Crippen molar-refractivity contribution in [2.24, 2.45) is 0 Å². The van der Waals surface area contributed by atoms with E-state index in [0.717, 1.165) is 5.56 Å². The highest BCUT2D eigenvalue weighted by Gasteiger charge is 2.19.